The van der Waals surface area contributed by atoms with Gasteiger partial charge in [0.1, 0.15) is 0 Å². The first-order chi connectivity index (χ1) is 10.6. The summed E-state index contributed by atoms with van der Waals surface area (Å²) in [6, 6.07) is 7.50. The number of benzene rings is 1. The SMILES string of the molecule is CC1CCC(NC(=O)c2cccc(NC(=O)C3CC3)c2)CC1. The van der Waals surface area contributed by atoms with Gasteiger partial charge in [0.2, 0.25) is 5.91 Å². The van der Waals surface area contributed by atoms with Gasteiger partial charge in [0.25, 0.3) is 5.91 Å². The first-order valence-corrected chi connectivity index (χ1v) is 8.33. The van der Waals surface area contributed by atoms with Crippen LogP contribution in [0.3, 0.4) is 0 Å². The minimum Gasteiger partial charge on any atom is -0.349 e. The standard InChI is InChI=1S/C18H24N2O2/c1-12-5-9-15(10-6-12)19-18(22)14-3-2-4-16(11-14)20-17(21)13-7-8-13/h2-4,11-13,15H,5-10H2,1H3,(H,19,22)(H,20,21). The summed E-state index contributed by atoms with van der Waals surface area (Å²) >= 11 is 0. The molecule has 2 amide bonds. The van der Waals surface area contributed by atoms with Crippen LogP contribution < -0.4 is 10.6 Å². The molecule has 2 fully saturated rings. The van der Waals surface area contributed by atoms with E-state index in [0.29, 0.717) is 11.3 Å². The molecule has 0 spiro atoms. The molecule has 4 nitrogen and oxygen atoms in total. The van der Waals surface area contributed by atoms with Crippen LogP contribution in [0.2, 0.25) is 0 Å². The number of hydrogen-bond acceptors (Lipinski definition) is 2. The number of rotatable bonds is 4. The highest BCUT2D eigenvalue weighted by molar-refractivity contribution is 5.98. The number of nitrogens with one attached hydrogen (secondary N) is 2. The summed E-state index contributed by atoms with van der Waals surface area (Å²) in [4.78, 5) is 24.1. The minimum absolute atomic E-state index is 0.0397. The van der Waals surface area contributed by atoms with Crippen molar-refractivity contribution in [2.24, 2.45) is 11.8 Å². The molecule has 1 aromatic carbocycles. The monoisotopic (exact) mass is 300 g/mol. The summed E-state index contributed by atoms with van der Waals surface area (Å²) in [5.41, 5.74) is 1.33. The van der Waals surface area contributed by atoms with Gasteiger partial charge in [-0.2, -0.15) is 0 Å². The third-order valence-corrected chi connectivity index (χ3v) is 4.69. The molecule has 2 N–H and O–H groups in total. The minimum atomic E-state index is -0.0397. The molecule has 2 aliphatic rings. The Kier molecular flexibility index (Phi) is 4.46. The Hall–Kier alpha value is -1.84. The lowest BCUT2D eigenvalue weighted by atomic mass is 9.87. The maximum Gasteiger partial charge on any atom is 0.251 e. The van der Waals surface area contributed by atoms with Gasteiger partial charge in [-0.25, -0.2) is 0 Å². The van der Waals surface area contributed by atoms with Crippen LogP contribution in [0.1, 0.15) is 55.8 Å². The van der Waals surface area contributed by atoms with Crippen molar-refractivity contribution in [1.29, 1.82) is 0 Å². The number of amides is 2. The Balaban J connectivity index is 1.58. The van der Waals surface area contributed by atoms with E-state index in [4.69, 9.17) is 0 Å². The van der Waals surface area contributed by atoms with Crippen molar-refractivity contribution in [3.05, 3.63) is 29.8 Å². The summed E-state index contributed by atoms with van der Waals surface area (Å²) in [7, 11) is 0. The van der Waals surface area contributed by atoms with Gasteiger partial charge in [0.05, 0.1) is 0 Å². The molecular weight excluding hydrogens is 276 g/mol. The van der Waals surface area contributed by atoms with Crippen molar-refractivity contribution >= 4 is 17.5 Å². The van der Waals surface area contributed by atoms with Gasteiger partial charge in [-0.3, -0.25) is 9.59 Å². The lowest BCUT2D eigenvalue weighted by molar-refractivity contribution is -0.117. The largest absolute Gasteiger partial charge is 0.349 e. The second-order valence-corrected chi connectivity index (χ2v) is 6.77. The third kappa shape index (κ3) is 3.87. The van der Waals surface area contributed by atoms with E-state index in [1.54, 1.807) is 12.1 Å². The second kappa shape index (κ2) is 6.51. The zero-order valence-corrected chi connectivity index (χ0v) is 13.1. The van der Waals surface area contributed by atoms with Gasteiger partial charge in [0.15, 0.2) is 0 Å². The van der Waals surface area contributed by atoms with E-state index in [1.165, 1.54) is 12.8 Å². The topological polar surface area (TPSA) is 58.2 Å². The van der Waals surface area contributed by atoms with Crippen molar-refractivity contribution in [2.75, 3.05) is 5.32 Å². The predicted octanol–water partition coefficient (Wildman–Crippen LogP) is 3.34. The van der Waals surface area contributed by atoms with Gasteiger partial charge in [-0.15, -0.1) is 0 Å². The average molecular weight is 300 g/mol. The smallest absolute Gasteiger partial charge is 0.251 e. The van der Waals surface area contributed by atoms with Gasteiger partial charge in [0, 0.05) is 23.2 Å². The van der Waals surface area contributed by atoms with Gasteiger partial charge >= 0.3 is 0 Å². The van der Waals surface area contributed by atoms with E-state index in [0.717, 1.165) is 31.6 Å². The molecule has 4 heteroatoms. The van der Waals surface area contributed by atoms with Crippen molar-refractivity contribution in [3.8, 4) is 0 Å². The molecule has 0 heterocycles. The molecule has 0 aromatic heterocycles. The molecule has 0 saturated heterocycles. The molecule has 0 atom stereocenters. The molecule has 0 aliphatic heterocycles. The summed E-state index contributed by atoms with van der Waals surface area (Å²) in [5.74, 6) is 0.969. The van der Waals surface area contributed by atoms with Crippen molar-refractivity contribution < 1.29 is 9.59 Å². The van der Waals surface area contributed by atoms with Gasteiger partial charge in [-0.05, 0) is 62.6 Å². The van der Waals surface area contributed by atoms with Crippen LogP contribution in [-0.2, 0) is 4.79 Å². The van der Waals surface area contributed by atoms with Crippen LogP contribution in [-0.4, -0.2) is 17.9 Å². The van der Waals surface area contributed by atoms with E-state index in [-0.39, 0.29) is 23.8 Å². The fourth-order valence-corrected chi connectivity index (χ4v) is 3.00. The Labute approximate surface area is 131 Å². The Morgan fingerprint density at radius 1 is 1.05 bits per heavy atom. The highest BCUT2D eigenvalue weighted by Gasteiger charge is 2.29. The first-order valence-electron chi connectivity index (χ1n) is 8.33. The summed E-state index contributed by atoms with van der Waals surface area (Å²) in [6.07, 6.45) is 6.44. The number of carbonyl (C=O) groups excluding carboxylic acids is 2. The molecule has 2 aliphatic carbocycles. The molecular formula is C18H24N2O2. The lowest BCUT2D eigenvalue weighted by Gasteiger charge is -2.26. The van der Waals surface area contributed by atoms with E-state index in [2.05, 4.69) is 17.6 Å². The Bertz CT molecular complexity index is 558. The molecule has 1 aromatic rings. The molecule has 118 valence electrons. The van der Waals surface area contributed by atoms with Gasteiger partial charge in [-0.1, -0.05) is 13.0 Å². The van der Waals surface area contributed by atoms with Crippen molar-refractivity contribution in [1.82, 2.24) is 5.32 Å². The maximum absolute atomic E-state index is 12.4. The van der Waals surface area contributed by atoms with E-state index >= 15 is 0 Å². The van der Waals surface area contributed by atoms with E-state index in [9.17, 15) is 9.59 Å². The second-order valence-electron chi connectivity index (χ2n) is 6.77. The number of anilines is 1. The molecule has 22 heavy (non-hydrogen) atoms. The number of hydrogen-bond donors (Lipinski definition) is 2. The van der Waals surface area contributed by atoms with E-state index in [1.807, 2.05) is 12.1 Å². The molecule has 3 rings (SSSR count). The normalized spacial score (nSPS) is 24.6. The molecule has 0 radical (unpaired) electrons. The summed E-state index contributed by atoms with van der Waals surface area (Å²) in [5, 5.41) is 6.01. The van der Waals surface area contributed by atoms with Crippen LogP contribution in [0.4, 0.5) is 5.69 Å². The summed E-state index contributed by atoms with van der Waals surface area (Å²) in [6.45, 7) is 2.27. The lowest BCUT2D eigenvalue weighted by Crippen LogP contribution is -2.37. The molecule has 0 bridgehead atoms. The van der Waals surface area contributed by atoms with Crippen LogP contribution in [0, 0.1) is 11.8 Å². The zero-order valence-electron chi connectivity index (χ0n) is 13.1. The number of carbonyl (C=O) groups is 2. The van der Waals surface area contributed by atoms with Crippen molar-refractivity contribution in [3.63, 3.8) is 0 Å². The highest BCUT2D eigenvalue weighted by atomic mass is 16.2. The van der Waals surface area contributed by atoms with Crippen LogP contribution in [0.5, 0.6) is 0 Å². The third-order valence-electron chi connectivity index (χ3n) is 4.69. The summed E-state index contributed by atoms with van der Waals surface area (Å²) < 4.78 is 0. The fourth-order valence-electron chi connectivity index (χ4n) is 3.00. The quantitative estimate of drug-likeness (QED) is 0.896. The molecule has 0 unspecified atom stereocenters. The average Bonchev–Trinajstić information content (AvgIpc) is 3.34. The highest BCUT2D eigenvalue weighted by Crippen LogP contribution is 2.30. The molecule has 2 saturated carbocycles. The van der Waals surface area contributed by atoms with E-state index < -0.39 is 0 Å². The first kappa shape index (κ1) is 15.1. The predicted molar refractivity (Wildman–Crippen MR) is 86.7 cm³/mol. The maximum atomic E-state index is 12.4. The van der Waals surface area contributed by atoms with Gasteiger partial charge < -0.3 is 10.6 Å². The Morgan fingerprint density at radius 2 is 1.77 bits per heavy atom. The van der Waals surface area contributed by atoms with Crippen LogP contribution in [0.15, 0.2) is 24.3 Å². The van der Waals surface area contributed by atoms with Crippen LogP contribution >= 0.6 is 0 Å². The fraction of sp³-hybridized carbons (Fsp3) is 0.556. The Morgan fingerprint density at radius 3 is 2.45 bits per heavy atom. The van der Waals surface area contributed by atoms with Crippen LogP contribution in [0.25, 0.3) is 0 Å². The van der Waals surface area contributed by atoms with Crippen molar-refractivity contribution in [2.45, 2.75) is 51.5 Å². The zero-order chi connectivity index (χ0) is 15.5.